The number of guanidine groups is 1. The Morgan fingerprint density at radius 1 is 1.19 bits per heavy atom. The minimum absolute atomic E-state index is 0. The number of halogens is 1. The fraction of sp³-hybridized carbons (Fsp3) is 0.889. The first-order valence-corrected chi connectivity index (χ1v) is 11.3. The first-order valence-electron chi connectivity index (χ1n) is 9.64. The number of nitrogens with one attached hydrogen (secondary N) is 1. The summed E-state index contributed by atoms with van der Waals surface area (Å²) in [6.45, 7) is 10.2. The van der Waals surface area contributed by atoms with Gasteiger partial charge in [-0.3, -0.25) is 9.79 Å². The third-order valence-corrected chi connectivity index (χ3v) is 7.07. The largest absolute Gasteiger partial charge is 0.466 e. The Kier molecular flexibility index (Phi) is 12.5. The molecule has 1 N–H and O–H groups in total. The molecule has 0 atom stereocenters. The van der Waals surface area contributed by atoms with Gasteiger partial charge in [0.2, 0.25) is 0 Å². The van der Waals surface area contributed by atoms with Crippen LogP contribution in [-0.4, -0.2) is 68.5 Å². The van der Waals surface area contributed by atoms with Crippen molar-refractivity contribution in [2.45, 2.75) is 64.5 Å². The lowest BCUT2D eigenvalue weighted by Crippen LogP contribution is -2.57. The Bertz CT molecular complexity index is 579. The van der Waals surface area contributed by atoms with Crippen molar-refractivity contribution in [1.29, 1.82) is 0 Å². The van der Waals surface area contributed by atoms with E-state index in [1.165, 1.54) is 0 Å². The number of sulfone groups is 1. The van der Waals surface area contributed by atoms with E-state index in [4.69, 9.17) is 4.74 Å². The highest BCUT2D eigenvalue weighted by molar-refractivity contribution is 14.0. The number of unbranched alkanes of at least 4 members (excludes halogenated alkanes) is 3. The maximum Gasteiger partial charge on any atom is 0.305 e. The predicted octanol–water partition coefficient (Wildman–Crippen LogP) is 2.59. The molecule has 0 amide bonds. The van der Waals surface area contributed by atoms with Gasteiger partial charge in [0.15, 0.2) is 15.8 Å². The molecule has 0 aromatic heterocycles. The topological polar surface area (TPSA) is 88.1 Å². The van der Waals surface area contributed by atoms with Crippen molar-refractivity contribution in [3.63, 3.8) is 0 Å². The average molecular weight is 517 g/mol. The molecule has 0 radical (unpaired) electrons. The zero-order valence-electron chi connectivity index (χ0n) is 17.1. The SMILES string of the molecule is CCNC(=NCCCCCCC(=O)OCC)N1CCS(=O)(=O)C(C)(C)C1.I. The van der Waals surface area contributed by atoms with Crippen molar-refractivity contribution in [2.75, 3.05) is 38.5 Å². The quantitative estimate of drug-likeness (QED) is 0.166. The number of rotatable bonds is 9. The summed E-state index contributed by atoms with van der Waals surface area (Å²) < 4.78 is 28.5. The lowest BCUT2D eigenvalue weighted by atomic mass is 10.1. The molecular formula is C18H36IN3O4S. The number of nitrogens with zero attached hydrogens (tertiary/aromatic N) is 2. The second-order valence-corrected chi connectivity index (χ2v) is 9.95. The summed E-state index contributed by atoms with van der Waals surface area (Å²) in [4.78, 5) is 18.0. The van der Waals surface area contributed by atoms with Gasteiger partial charge in [-0.05, 0) is 40.5 Å². The first kappa shape index (κ1) is 26.4. The van der Waals surface area contributed by atoms with Gasteiger partial charge in [0.25, 0.3) is 0 Å². The van der Waals surface area contributed by atoms with Crippen LogP contribution in [0.4, 0.5) is 0 Å². The molecule has 0 aliphatic carbocycles. The van der Waals surface area contributed by atoms with Crippen molar-refractivity contribution in [1.82, 2.24) is 10.2 Å². The van der Waals surface area contributed by atoms with Crippen LogP contribution in [0.1, 0.15) is 59.8 Å². The van der Waals surface area contributed by atoms with Crippen LogP contribution in [-0.2, 0) is 19.4 Å². The first-order chi connectivity index (χ1) is 12.2. The number of carbonyl (C=O) groups is 1. The van der Waals surface area contributed by atoms with E-state index in [0.717, 1.165) is 38.2 Å². The molecule has 0 spiro atoms. The standard InChI is InChI=1S/C18H35N3O4S.HI/c1-5-19-17(21-13-14-26(23,24)18(3,4)15-21)20-12-10-8-7-9-11-16(22)25-6-2;/h5-15H2,1-4H3,(H,19,20);1H. The molecular weight excluding hydrogens is 481 g/mol. The van der Waals surface area contributed by atoms with Crippen molar-refractivity contribution in [2.24, 2.45) is 4.99 Å². The molecule has 1 saturated heterocycles. The van der Waals surface area contributed by atoms with Crippen LogP contribution < -0.4 is 5.32 Å². The van der Waals surface area contributed by atoms with Crippen LogP contribution in [0.5, 0.6) is 0 Å². The van der Waals surface area contributed by atoms with Gasteiger partial charge < -0.3 is 15.0 Å². The molecule has 0 aromatic rings. The van der Waals surface area contributed by atoms with Crippen molar-refractivity contribution in [3.05, 3.63) is 0 Å². The fourth-order valence-corrected chi connectivity index (χ4v) is 4.27. The number of aliphatic imine (C=N–C) groups is 1. The summed E-state index contributed by atoms with van der Waals surface area (Å²) in [5.74, 6) is 0.836. The average Bonchev–Trinajstić information content (AvgIpc) is 2.56. The van der Waals surface area contributed by atoms with E-state index in [1.54, 1.807) is 13.8 Å². The minimum Gasteiger partial charge on any atom is -0.466 e. The summed E-state index contributed by atoms with van der Waals surface area (Å²) in [5, 5.41) is 3.27. The third-order valence-electron chi connectivity index (χ3n) is 4.53. The van der Waals surface area contributed by atoms with Crippen LogP contribution in [0.3, 0.4) is 0 Å². The highest BCUT2D eigenvalue weighted by Crippen LogP contribution is 2.23. The van der Waals surface area contributed by atoms with Crippen LogP contribution in [0.25, 0.3) is 0 Å². The molecule has 0 saturated carbocycles. The van der Waals surface area contributed by atoms with Gasteiger partial charge in [0.1, 0.15) is 0 Å². The Morgan fingerprint density at radius 2 is 1.85 bits per heavy atom. The van der Waals surface area contributed by atoms with Crippen LogP contribution >= 0.6 is 24.0 Å². The van der Waals surface area contributed by atoms with Crippen LogP contribution in [0, 0.1) is 0 Å². The van der Waals surface area contributed by atoms with E-state index < -0.39 is 14.6 Å². The molecule has 7 nitrogen and oxygen atoms in total. The highest BCUT2D eigenvalue weighted by Gasteiger charge is 2.40. The monoisotopic (exact) mass is 517 g/mol. The number of hydrogen-bond donors (Lipinski definition) is 1. The van der Waals surface area contributed by atoms with Gasteiger partial charge >= 0.3 is 5.97 Å². The van der Waals surface area contributed by atoms with E-state index in [-0.39, 0.29) is 35.7 Å². The zero-order chi connectivity index (χ0) is 19.6. The second kappa shape index (κ2) is 12.8. The maximum atomic E-state index is 12.2. The van der Waals surface area contributed by atoms with Crippen molar-refractivity contribution in [3.8, 4) is 0 Å². The molecule has 1 aliphatic rings. The van der Waals surface area contributed by atoms with Crippen LogP contribution in [0.15, 0.2) is 4.99 Å². The van der Waals surface area contributed by atoms with Gasteiger partial charge in [-0.1, -0.05) is 12.8 Å². The molecule has 1 aliphatic heterocycles. The zero-order valence-corrected chi connectivity index (χ0v) is 20.3. The normalized spacial score (nSPS) is 18.5. The number of carbonyl (C=O) groups excluding carboxylic acids is 1. The van der Waals surface area contributed by atoms with Gasteiger partial charge in [-0.15, -0.1) is 24.0 Å². The van der Waals surface area contributed by atoms with Gasteiger partial charge in [-0.25, -0.2) is 8.42 Å². The molecule has 9 heteroatoms. The van der Waals surface area contributed by atoms with Crippen molar-refractivity contribution < 1.29 is 17.9 Å². The number of hydrogen-bond acceptors (Lipinski definition) is 5. The van der Waals surface area contributed by atoms with Gasteiger partial charge in [-0.2, -0.15) is 0 Å². The molecule has 0 unspecified atom stereocenters. The second-order valence-electron chi connectivity index (χ2n) is 7.21. The molecule has 1 rings (SSSR count). The summed E-state index contributed by atoms with van der Waals surface area (Å²) in [5.41, 5.74) is 0. The lowest BCUT2D eigenvalue weighted by Gasteiger charge is -2.39. The van der Waals surface area contributed by atoms with E-state index >= 15 is 0 Å². The van der Waals surface area contributed by atoms with E-state index in [0.29, 0.717) is 32.7 Å². The van der Waals surface area contributed by atoms with E-state index in [2.05, 4.69) is 10.3 Å². The highest BCUT2D eigenvalue weighted by atomic mass is 127. The summed E-state index contributed by atoms with van der Waals surface area (Å²) in [6, 6.07) is 0. The Balaban J connectivity index is 0.00000676. The smallest absolute Gasteiger partial charge is 0.305 e. The number of ether oxygens (including phenoxy) is 1. The third kappa shape index (κ3) is 8.97. The summed E-state index contributed by atoms with van der Waals surface area (Å²) in [7, 11) is -3.05. The predicted molar refractivity (Wildman–Crippen MR) is 121 cm³/mol. The van der Waals surface area contributed by atoms with E-state index in [9.17, 15) is 13.2 Å². The summed E-state index contributed by atoms with van der Waals surface area (Å²) >= 11 is 0. The van der Waals surface area contributed by atoms with Crippen molar-refractivity contribution >= 4 is 45.7 Å². The molecule has 27 heavy (non-hydrogen) atoms. The molecule has 160 valence electrons. The molecule has 1 fully saturated rings. The van der Waals surface area contributed by atoms with Crippen LogP contribution in [0.2, 0.25) is 0 Å². The Labute approximate surface area is 181 Å². The fourth-order valence-electron chi connectivity index (χ4n) is 2.90. The van der Waals surface area contributed by atoms with Gasteiger partial charge in [0.05, 0.1) is 17.1 Å². The Morgan fingerprint density at radius 3 is 2.44 bits per heavy atom. The summed E-state index contributed by atoms with van der Waals surface area (Å²) in [6.07, 6.45) is 4.28. The maximum absolute atomic E-state index is 12.2. The Hall–Kier alpha value is -0.580. The minimum atomic E-state index is -3.05. The molecule has 0 bridgehead atoms. The molecule has 1 heterocycles. The van der Waals surface area contributed by atoms with Gasteiger partial charge in [0, 0.05) is 32.6 Å². The molecule has 0 aromatic carbocycles. The number of esters is 1. The van der Waals surface area contributed by atoms with E-state index in [1.807, 2.05) is 18.7 Å². The lowest BCUT2D eigenvalue weighted by molar-refractivity contribution is -0.143.